The average Bonchev–Trinajstić information content (AvgIpc) is 3.03. The number of anilines is 1. The predicted octanol–water partition coefficient (Wildman–Crippen LogP) is 2.89. The second kappa shape index (κ2) is 7.29. The summed E-state index contributed by atoms with van der Waals surface area (Å²) in [5, 5.41) is 8.59. The smallest absolute Gasteiger partial charge is 0.275 e. The van der Waals surface area contributed by atoms with Crippen LogP contribution in [0, 0.1) is 0 Å². The molecule has 0 saturated carbocycles. The fourth-order valence-electron chi connectivity index (χ4n) is 3.73. The topological polar surface area (TPSA) is 82.2 Å². The fourth-order valence-corrected chi connectivity index (χ4v) is 4.75. The van der Waals surface area contributed by atoms with Crippen molar-refractivity contribution in [2.75, 3.05) is 31.1 Å². The molecule has 1 N–H and O–H groups in total. The van der Waals surface area contributed by atoms with Crippen LogP contribution in [0.1, 0.15) is 16.9 Å². The Morgan fingerprint density at radius 3 is 2.62 bits per heavy atom. The molecule has 0 bridgehead atoms. The van der Waals surface area contributed by atoms with Gasteiger partial charge in [-0.15, -0.1) is 0 Å². The number of para-hydroxylation sites is 1. The third-order valence-electron chi connectivity index (χ3n) is 5.23. The molecule has 8 heteroatoms. The number of nitrogens with zero attached hydrogens (tertiary/aromatic N) is 4. The van der Waals surface area contributed by atoms with Crippen molar-refractivity contribution in [3.05, 3.63) is 64.6 Å². The van der Waals surface area contributed by atoms with Crippen molar-refractivity contribution in [3.8, 4) is 0 Å². The number of rotatable bonds is 2. The lowest BCUT2D eigenvalue weighted by Crippen LogP contribution is -2.36. The van der Waals surface area contributed by atoms with Gasteiger partial charge in [0.1, 0.15) is 0 Å². The molecule has 0 aliphatic carbocycles. The molecule has 29 heavy (non-hydrogen) atoms. The van der Waals surface area contributed by atoms with Crippen LogP contribution in [0.15, 0.2) is 53.3 Å². The summed E-state index contributed by atoms with van der Waals surface area (Å²) in [6, 6.07) is 15.2. The van der Waals surface area contributed by atoms with E-state index in [9.17, 15) is 9.59 Å². The zero-order chi connectivity index (χ0) is 19.8. The lowest BCUT2D eigenvalue weighted by atomic mass is 10.1. The first-order valence-corrected chi connectivity index (χ1v) is 10.4. The second-order valence-electron chi connectivity index (χ2n) is 7.04. The minimum atomic E-state index is -0.282. The number of nitrogens with one attached hydrogen (secondary N) is 1. The first kappa shape index (κ1) is 17.8. The van der Waals surface area contributed by atoms with Crippen LogP contribution in [-0.4, -0.2) is 52.2 Å². The van der Waals surface area contributed by atoms with E-state index in [1.807, 2.05) is 29.2 Å². The SMILES string of the molecule is O=C(c1n[nH]c(=O)c2ccccc12)N1CCCN(c2nc3ccccc3s2)CC1. The highest BCUT2D eigenvalue weighted by atomic mass is 32.1. The number of carbonyl (C=O) groups excluding carboxylic acids is 1. The minimum Gasteiger partial charge on any atom is -0.346 e. The lowest BCUT2D eigenvalue weighted by molar-refractivity contribution is 0.0762. The third kappa shape index (κ3) is 3.25. The fraction of sp³-hybridized carbons (Fsp3) is 0.238. The number of thiazole rings is 1. The van der Waals surface area contributed by atoms with E-state index >= 15 is 0 Å². The normalized spacial score (nSPS) is 15.0. The average molecular weight is 405 g/mol. The Kier molecular flexibility index (Phi) is 4.48. The molecule has 146 valence electrons. The number of aromatic amines is 1. The molecule has 5 rings (SSSR count). The number of carbonyl (C=O) groups is 1. The predicted molar refractivity (Wildman–Crippen MR) is 115 cm³/mol. The first-order chi connectivity index (χ1) is 14.2. The summed E-state index contributed by atoms with van der Waals surface area (Å²) in [6.45, 7) is 2.80. The maximum absolute atomic E-state index is 13.2. The van der Waals surface area contributed by atoms with Gasteiger partial charge in [-0.1, -0.05) is 41.7 Å². The molecule has 0 radical (unpaired) electrons. The van der Waals surface area contributed by atoms with Gasteiger partial charge in [0.25, 0.3) is 11.5 Å². The molecule has 2 aromatic heterocycles. The highest BCUT2D eigenvalue weighted by Crippen LogP contribution is 2.29. The highest BCUT2D eigenvalue weighted by molar-refractivity contribution is 7.22. The second-order valence-corrected chi connectivity index (χ2v) is 8.05. The number of H-pyrrole nitrogens is 1. The number of benzene rings is 2. The molecular weight excluding hydrogens is 386 g/mol. The van der Waals surface area contributed by atoms with E-state index in [1.165, 1.54) is 4.70 Å². The molecular formula is C21H19N5O2S. The van der Waals surface area contributed by atoms with E-state index in [2.05, 4.69) is 21.2 Å². The van der Waals surface area contributed by atoms with Gasteiger partial charge in [0.05, 0.1) is 15.6 Å². The molecule has 1 aliphatic rings. The van der Waals surface area contributed by atoms with E-state index in [0.717, 1.165) is 23.6 Å². The molecule has 0 atom stereocenters. The maximum Gasteiger partial charge on any atom is 0.275 e. The van der Waals surface area contributed by atoms with Crippen LogP contribution in [0.3, 0.4) is 0 Å². The van der Waals surface area contributed by atoms with E-state index in [1.54, 1.807) is 29.5 Å². The van der Waals surface area contributed by atoms with E-state index in [4.69, 9.17) is 4.98 Å². The summed E-state index contributed by atoms with van der Waals surface area (Å²) in [6.07, 6.45) is 0.850. The Labute approximate surface area is 170 Å². The summed E-state index contributed by atoms with van der Waals surface area (Å²) in [4.78, 5) is 34.0. The van der Waals surface area contributed by atoms with Gasteiger partial charge in [0.2, 0.25) is 0 Å². The number of aromatic nitrogens is 3. The van der Waals surface area contributed by atoms with Gasteiger partial charge in [-0.3, -0.25) is 9.59 Å². The van der Waals surface area contributed by atoms with Crippen molar-refractivity contribution >= 4 is 43.4 Å². The Morgan fingerprint density at radius 1 is 0.966 bits per heavy atom. The van der Waals surface area contributed by atoms with Crippen LogP contribution < -0.4 is 10.5 Å². The first-order valence-electron chi connectivity index (χ1n) is 9.58. The van der Waals surface area contributed by atoms with Gasteiger partial charge in [0, 0.05) is 31.6 Å². The zero-order valence-corrected chi connectivity index (χ0v) is 16.5. The molecule has 1 fully saturated rings. The Balaban J connectivity index is 1.39. The Hall–Kier alpha value is -3.26. The zero-order valence-electron chi connectivity index (χ0n) is 15.7. The summed E-state index contributed by atoms with van der Waals surface area (Å²) < 4.78 is 1.17. The molecule has 0 spiro atoms. The van der Waals surface area contributed by atoms with Crippen molar-refractivity contribution in [3.63, 3.8) is 0 Å². The van der Waals surface area contributed by atoms with Crippen LogP contribution in [0.5, 0.6) is 0 Å². The van der Waals surface area contributed by atoms with Crippen LogP contribution >= 0.6 is 11.3 Å². The van der Waals surface area contributed by atoms with Gasteiger partial charge >= 0.3 is 0 Å². The van der Waals surface area contributed by atoms with Gasteiger partial charge in [-0.2, -0.15) is 5.10 Å². The van der Waals surface area contributed by atoms with Crippen molar-refractivity contribution in [1.29, 1.82) is 0 Å². The third-order valence-corrected chi connectivity index (χ3v) is 6.33. The minimum absolute atomic E-state index is 0.149. The molecule has 1 aliphatic heterocycles. The van der Waals surface area contributed by atoms with E-state index < -0.39 is 0 Å². The van der Waals surface area contributed by atoms with Crippen LogP contribution in [0.2, 0.25) is 0 Å². The van der Waals surface area contributed by atoms with E-state index in [-0.39, 0.29) is 11.5 Å². The van der Waals surface area contributed by atoms with Gasteiger partial charge < -0.3 is 9.80 Å². The molecule has 3 heterocycles. The van der Waals surface area contributed by atoms with E-state index in [0.29, 0.717) is 36.1 Å². The van der Waals surface area contributed by atoms with Gasteiger partial charge in [-0.25, -0.2) is 10.1 Å². The lowest BCUT2D eigenvalue weighted by Gasteiger charge is -2.21. The van der Waals surface area contributed by atoms with Crippen LogP contribution in [0.4, 0.5) is 5.13 Å². The van der Waals surface area contributed by atoms with Crippen molar-refractivity contribution in [2.45, 2.75) is 6.42 Å². The summed E-state index contributed by atoms with van der Waals surface area (Å²) in [5.74, 6) is -0.149. The summed E-state index contributed by atoms with van der Waals surface area (Å²) >= 11 is 1.68. The van der Waals surface area contributed by atoms with Crippen LogP contribution in [0.25, 0.3) is 21.0 Å². The monoisotopic (exact) mass is 405 g/mol. The van der Waals surface area contributed by atoms with Crippen molar-refractivity contribution in [2.24, 2.45) is 0 Å². The van der Waals surface area contributed by atoms with Gasteiger partial charge in [-0.05, 0) is 24.6 Å². The van der Waals surface area contributed by atoms with Crippen LogP contribution in [-0.2, 0) is 0 Å². The Morgan fingerprint density at radius 2 is 1.76 bits per heavy atom. The largest absolute Gasteiger partial charge is 0.346 e. The van der Waals surface area contributed by atoms with Crippen molar-refractivity contribution < 1.29 is 4.79 Å². The van der Waals surface area contributed by atoms with Crippen molar-refractivity contribution in [1.82, 2.24) is 20.1 Å². The number of fused-ring (bicyclic) bond motifs is 2. The number of amides is 1. The molecule has 1 saturated heterocycles. The summed E-state index contributed by atoms with van der Waals surface area (Å²) in [7, 11) is 0. The molecule has 1 amide bonds. The van der Waals surface area contributed by atoms with Gasteiger partial charge in [0.15, 0.2) is 10.8 Å². The standard InChI is InChI=1S/C21H19N5O2S/c27-19-15-7-2-1-6-14(15)18(23-24-19)20(28)25-10-5-11-26(13-12-25)21-22-16-8-3-4-9-17(16)29-21/h1-4,6-9H,5,10-13H2,(H,24,27). The number of hydrogen-bond acceptors (Lipinski definition) is 6. The quantitative estimate of drug-likeness (QED) is 0.555. The Bertz CT molecular complexity index is 1230. The molecule has 0 unspecified atom stereocenters. The maximum atomic E-state index is 13.2. The number of hydrogen-bond donors (Lipinski definition) is 1. The molecule has 2 aromatic carbocycles. The molecule has 7 nitrogen and oxygen atoms in total. The molecule has 4 aromatic rings. The summed E-state index contributed by atoms with van der Waals surface area (Å²) in [5.41, 5.74) is 1.03. The highest BCUT2D eigenvalue weighted by Gasteiger charge is 2.24.